The van der Waals surface area contributed by atoms with Gasteiger partial charge in [0.15, 0.2) is 0 Å². The monoisotopic (exact) mass is 615 g/mol. The van der Waals surface area contributed by atoms with Gasteiger partial charge in [0, 0.05) is 0 Å². The van der Waals surface area contributed by atoms with Crippen molar-refractivity contribution in [2.75, 3.05) is 52.9 Å². The van der Waals surface area contributed by atoms with E-state index in [9.17, 15) is 18.3 Å². The first-order valence-electron chi connectivity index (χ1n) is 12.8. The van der Waals surface area contributed by atoms with Crippen molar-refractivity contribution in [1.82, 2.24) is 5.32 Å². The van der Waals surface area contributed by atoms with Gasteiger partial charge >= 0.3 is 30.4 Å². The maximum atomic E-state index is 14.5. The summed E-state index contributed by atoms with van der Waals surface area (Å²) in [5.74, 6) is 0. The molecule has 1 aliphatic heterocycles. The average Bonchev–Trinajstić information content (AvgIpc) is 3.26. The fraction of sp³-hybridized carbons (Fsp3) is 1.00. The summed E-state index contributed by atoms with van der Waals surface area (Å²) in [4.78, 5) is 0. The van der Waals surface area contributed by atoms with E-state index < -0.39 is 40.4 Å². The van der Waals surface area contributed by atoms with Crippen LogP contribution in [-0.4, -0.2) is 62.9 Å². The van der Waals surface area contributed by atoms with Crippen LogP contribution in [0, 0.1) is 0 Å². The van der Waals surface area contributed by atoms with Crippen molar-refractivity contribution in [2.45, 2.75) is 78.3 Å². The Morgan fingerprint density at radius 2 is 0.595 bits per heavy atom. The molecule has 0 saturated carbocycles. The van der Waals surface area contributed by atoms with Gasteiger partial charge in [0.25, 0.3) is 0 Å². The number of nitrogens with one attached hydrogen (secondary N) is 1. The predicted molar refractivity (Wildman–Crippen MR) is 141 cm³/mol. The van der Waals surface area contributed by atoms with Crippen molar-refractivity contribution in [2.24, 2.45) is 0 Å². The van der Waals surface area contributed by atoms with Crippen LogP contribution in [0.1, 0.15) is 68.2 Å². The average molecular weight is 615 g/mol. The molecule has 0 amide bonds. The normalized spacial score (nSPS) is 18.4. The fourth-order valence-corrected chi connectivity index (χ4v) is 16.0. The maximum Gasteiger partial charge on any atom is 0.363 e. The molecule has 0 spiro atoms. The van der Waals surface area contributed by atoms with Crippen molar-refractivity contribution in [3.8, 4) is 0 Å². The first kappa shape index (κ1) is 35.6. The summed E-state index contributed by atoms with van der Waals surface area (Å²) in [7, 11) is -17.8. The second kappa shape index (κ2) is 15.0. The van der Waals surface area contributed by atoms with Gasteiger partial charge in [-0.1, -0.05) is 0 Å². The molecule has 0 aliphatic carbocycles. The van der Waals surface area contributed by atoms with Crippen LogP contribution in [0.15, 0.2) is 0 Å². The third-order valence-corrected chi connectivity index (χ3v) is 18.1. The van der Waals surface area contributed by atoms with Crippen LogP contribution in [-0.2, 0) is 54.5 Å². The van der Waals surface area contributed by atoms with Crippen LogP contribution in [0.3, 0.4) is 0 Å². The summed E-state index contributed by atoms with van der Waals surface area (Å²) < 4.78 is 103. The van der Waals surface area contributed by atoms with E-state index in [0.29, 0.717) is 0 Å². The van der Waals surface area contributed by atoms with Crippen LogP contribution >= 0.6 is 30.4 Å². The molecule has 0 unspecified atom stereocenters. The predicted octanol–water partition coefficient (Wildman–Crippen LogP) is 6.74. The van der Waals surface area contributed by atoms with Crippen molar-refractivity contribution in [1.29, 1.82) is 0 Å². The summed E-state index contributed by atoms with van der Waals surface area (Å²) in [6.07, 6.45) is -0.647. The lowest BCUT2D eigenvalue weighted by atomic mass is 10.4. The summed E-state index contributed by atoms with van der Waals surface area (Å²) in [6.45, 7) is 12.0. The quantitative estimate of drug-likeness (QED) is 0.144. The molecule has 1 fully saturated rings. The van der Waals surface area contributed by atoms with Gasteiger partial charge in [0.1, 0.15) is 0 Å². The Morgan fingerprint density at radius 1 is 0.432 bits per heavy atom. The molecule has 0 aromatic heterocycles. The van der Waals surface area contributed by atoms with Crippen molar-refractivity contribution >= 4 is 30.4 Å². The van der Waals surface area contributed by atoms with Gasteiger partial charge in [0.2, 0.25) is 10.0 Å². The Balaban J connectivity index is 4.20. The van der Waals surface area contributed by atoms with Crippen molar-refractivity contribution in [3.63, 3.8) is 0 Å². The molecule has 0 bridgehead atoms. The summed E-state index contributed by atoms with van der Waals surface area (Å²) >= 11 is 0. The fourth-order valence-electron chi connectivity index (χ4n) is 4.28. The molecule has 1 rings (SSSR count). The molecule has 1 aliphatic rings. The van der Waals surface area contributed by atoms with E-state index in [0.717, 1.165) is 0 Å². The van der Waals surface area contributed by atoms with Crippen LogP contribution in [0.5, 0.6) is 0 Å². The molecule has 0 radical (unpaired) electrons. The van der Waals surface area contributed by atoms with E-state index in [-0.39, 0.29) is 65.7 Å². The Kier molecular flexibility index (Phi) is 14.4. The molecular formula is C20H45NO12P4. The minimum atomic E-state index is -4.46. The molecule has 0 aromatic rings. The Hall–Kier alpha value is 0.560. The molecular weight excluding hydrogens is 570 g/mol. The molecule has 222 valence electrons. The highest BCUT2D eigenvalue weighted by atomic mass is 31.2. The smallest absolute Gasteiger partial charge is 0.307 e. The Bertz CT molecular complexity index is 731. The molecule has 1 saturated heterocycles. The lowest BCUT2D eigenvalue weighted by molar-refractivity contribution is 0.160. The Labute approximate surface area is 221 Å². The van der Waals surface area contributed by atoms with Gasteiger partial charge < -0.3 is 36.2 Å². The summed E-state index contributed by atoms with van der Waals surface area (Å²) in [5.41, 5.74) is 0. The van der Waals surface area contributed by atoms with Crippen LogP contribution in [0.25, 0.3) is 0 Å². The molecule has 1 N–H and O–H groups in total. The maximum absolute atomic E-state index is 14.5. The minimum absolute atomic E-state index is 0.0882. The zero-order valence-corrected chi connectivity index (χ0v) is 26.8. The van der Waals surface area contributed by atoms with Gasteiger partial charge in [0.05, 0.1) is 52.9 Å². The van der Waals surface area contributed by atoms with E-state index in [1.807, 2.05) is 0 Å². The Morgan fingerprint density at radius 3 is 0.730 bits per heavy atom. The molecule has 0 aromatic carbocycles. The van der Waals surface area contributed by atoms with Gasteiger partial charge in [-0.2, -0.15) is 0 Å². The number of rotatable bonds is 20. The van der Waals surface area contributed by atoms with E-state index in [1.165, 1.54) is 0 Å². The lowest BCUT2D eigenvalue weighted by Gasteiger charge is -2.44. The standard InChI is InChI=1S/C20H45NO12P4/c1-9-26-34(22,27-10-2)19(35(23,28-11-3)29-12-4)17-18-20(21-19,36(24,30-13-5)31-14-6)37(25,32-15-7)33-16-8/h21H,9-18H2,1-8H3. The van der Waals surface area contributed by atoms with E-state index in [4.69, 9.17) is 36.2 Å². The molecule has 17 heteroatoms. The van der Waals surface area contributed by atoms with Gasteiger partial charge in [-0.3, -0.25) is 23.6 Å². The number of hydrogen-bond donors (Lipinski definition) is 1. The lowest BCUT2D eigenvalue weighted by Crippen LogP contribution is -2.52. The zero-order valence-electron chi connectivity index (χ0n) is 23.3. The summed E-state index contributed by atoms with van der Waals surface area (Å²) in [5, 5.41) is -1.58. The molecule has 0 atom stereocenters. The van der Waals surface area contributed by atoms with E-state index in [2.05, 4.69) is 5.32 Å². The van der Waals surface area contributed by atoms with Crippen molar-refractivity contribution < 1.29 is 54.5 Å². The van der Waals surface area contributed by atoms with E-state index >= 15 is 0 Å². The third kappa shape index (κ3) is 6.56. The van der Waals surface area contributed by atoms with Crippen LogP contribution in [0.2, 0.25) is 0 Å². The van der Waals surface area contributed by atoms with Crippen molar-refractivity contribution in [3.05, 3.63) is 0 Å². The molecule has 37 heavy (non-hydrogen) atoms. The number of hydrogen-bond acceptors (Lipinski definition) is 13. The highest BCUT2D eigenvalue weighted by Gasteiger charge is 2.79. The topological polar surface area (TPSA) is 154 Å². The van der Waals surface area contributed by atoms with E-state index in [1.54, 1.807) is 55.4 Å². The highest BCUT2D eigenvalue weighted by Crippen LogP contribution is 2.87. The zero-order chi connectivity index (χ0) is 28.4. The van der Waals surface area contributed by atoms with Gasteiger partial charge in [-0.25, -0.2) is 0 Å². The minimum Gasteiger partial charge on any atom is -0.307 e. The van der Waals surface area contributed by atoms with Crippen LogP contribution < -0.4 is 5.32 Å². The molecule has 1 heterocycles. The highest BCUT2D eigenvalue weighted by molar-refractivity contribution is 7.76. The SMILES string of the molecule is CCOP(=O)(OCC)C1(P(=O)(OCC)OCC)CCC(P(=O)(OCC)OCC)(P(=O)(OCC)OCC)N1. The third-order valence-electron chi connectivity index (χ3n) is 5.43. The first-order chi connectivity index (χ1) is 17.4. The first-order valence-corrected chi connectivity index (χ1v) is 18.9. The van der Waals surface area contributed by atoms with Gasteiger partial charge in [-0.15, -0.1) is 0 Å². The molecule has 13 nitrogen and oxygen atoms in total. The second-order valence-corrected chi connectivity index (χ2v) is 17.4. The van der Waals surface area contributed by atoms with Crippen LogP contribution in [0.4, 0.5) is 0 Å². The summed E-state index contributed by atoms with van der Waals surface area (Å²) in [6, 6.07) is 0. The second-order valence-electron chi connectivity index (χ2n) is 7.59. The largest absolute Gasteiger partial charge is 0.363 e. The van der Waals surface area contributed by atoms with Gasteiger partial charge in [-0.05, 0) is 68.2 Å².